The van der Waals surface area contributed by atoms with Gasteiger partial charge in [-0.3, -0.25) is 0 Å². The summed E-state index contributed by atoms with van der Waals surface area (Å²) in [6.45, 7) is 1.56. The number of rotatable bonds is 1. The van der Waals surface area contributed by atoms with Gasteiger partial charge in [0.2, 0.25) is 0 Å². The summed E-state index contributed by atoms with van der Waals surface area (Å²) < 4.78 is 7.06. The van der Waals surface area contributed by atoms with E-state index in [-0.39, 0.29) is 0 Å². The van der Waals surface area contributed by atoms with Crippen LogP contribution < -0.4 is 0 Å². The summed E-state index contributed by atoms with van der Waals surface area (Å²) in [6.07, 6.45) is 1.93. The first-order valence-electron chi connectivity index (χ1n) is 5.30. The zero-order chi connectivity index (χ0) is 11.0. The molecular weight excluding hydrogens is 228 g/mol. The molecule has 0 amide bonds. The highest BCUT2D eigenvalue weighted by Gasteiger charge is 2.21. The van der Waals surface area contributed by atoms with Gasteiger partial charge < -0.3 is 4.74 Å². The van der Waals surface area contributed by atoms with E-state index in [9.17, 15) is 0 Å². The van der Waals surface area contributed by atoms with Gasteiger partial charge in [0, 0.05) is 19.1 Å². The Morgan fingerprint density at radius 3 is 2.88 bits per heavy atom. The zero-order valence-corrected chi connectivity index (χ0v) is 9.39. The third-order valence-electron chi connectivity index (χ3n) is 2.84. The van der Waals surface area contributed by atoms with Gasteiger partial charge in [0.1, 0.15) is 5.15 Å². The second-order valence-electron chi connectivity index (χ2n) is 3.87. The first-order chi connectivity index (χ1) is 7.84. The third-order valence-corrected chi connectivity index (χ3v) is 3.04. The number of ether oxygens (including phenoxy) is 1. The lowest BCUT2D eigenvalue weighted by atomic mass is 10.00. The lowest BCUT2D eigenvalue weighted by Crippen LogP contribution is -2.17. The molecule has 6 heteroatoms. The maximum atomic E-state index is 5.87. The molecule has 3 rings (SSSR count). The molecule has 84 valence electrons. The number of halogens is 1. The minimum absolute atomic E-state index is 0.370. The lowest BCUT2D eigenvalue weighted by molar-refractivity contribution is 0.0831. The van der Waals surface area contributed by atoms with Crippen molar-refractivity contribution in [2.75, 3.05) is 13.2 Å². The highest BCUT2D eigenvalue weighted by Crippen LogP contribution is 2.25. The molecule has 0 atom stereocenters. The highest BCUT2D eigenvalue weighted by molar-refractivity contribution is 6.29. The third kappa shape index (κ3) is 1.66. The van der Waals surface area contributed by atoms with E-state index in [2.05, 4.69) is 15.3 Å². The molecule has 0 aliphatic carbocycles. The maximum absolute atomic E-state index is 5.87. The number of hydrogen-bond donors (Lipinski definition) is 0. The molecule has 0 unspecified atom stereocenters. The summed E-state index contributed by atoms with van der Waals surface area (Å²) in [4.78, 5) is 0. The molecule has 0 saturated carbocycles. The summed E-state index contributed by atoms with van der Waals surface area (Å²) in [5.41, 5.74) is 0.742. The normalized spacial score (nSPS) is 18.1. The molecule has 0 radical (unpaired) electrons. The average Bonchev–Trinajstić information content (AvgIpc) is 2.73. The van der Waals surface area contributed by atoms with Gasteiger partial charge >= 0.3 is 0 Å². The molecule has 1 aliphatic rings. The van der Waals surface area contributed by atoms with Crippen LogP contribution >= 0.6 is 11.6 Å². The van der Waals surface area contributed by atoms with E-state index in [4.69, 9.17) is 16.3 Å². The van der Waals surface area contributed by atoms with Gasteiger partial charge in [-0.15, -0.1) is 10.2 Å². The molecule has 3 heterocycles. The SMILES string of the molecule is Clc1ccc2nnc(C3CCOCC3)n2n1. The van der Waals surface area contributed by atoms with Gasteiger partial charge in [-0.25, -0.2) is 0 Å². The van der Waals surface area contributed by atoms with Crippen molar-refractivity contribution >= 4 is 17.2 Å². The largest absolute Gasteiger partial charge is 0.381 e. The van der Waals surface area contributed by atoms with Gasteiger partial charge in [-0.05, 0) is 25.0 Å². The lowest BCUT2D eigenvalue weighted by Gasteiger charge is -2.19. The first-order valence-corrected chi connectivity index (χ1v) is 5.68. The number of hydrogen-bond acceptors (Lipinski definition) is 4. The van der Waals surface area contributed by atoms with Gasteiger partial charge in [-0.1, -0.05) is 11.6 Å². The van der Waals surface area contributed by atoms with Crippen LogP contribution in [0.5, 0.6) is 0 Å². The van der Waals surface area contributed by atoms with Crippen molar-refractivity contribution in [3.05, 3.63) is 23.1 Å². The maximum Gasteiger partial charge on any atom is 0.178 e. The fourth-order valence-corrected chi connectivity index (χ4v) is 2.13. The van der Waals surface area contributed by atoms with Crippen LogP contribution in [0.4, 0.5) is 0 Å². The van der Waals surface area contributed by atoms with Crippen molar-refractivity contribution < 1.29 is 4.74 Å². The van der Waals surface area contributed by atoms with Gasteiger partial charge in [0.05, 0.1) is 0 Å². The minimum Gasteiger partial charge on any atom is -0.381 e. The number of fused-ring (bicyclic) bond motifs is 1. The van der Waals surface area contributed by atoms with Crippen molar-refractivity contribution in [3.8, 4) is 0 Å². The quantitative estimate of drug-likeness (QED) is 0.759. The van der Waals surface area contributed by atoms with Gasteiger partial charge in [0.15, 0.2) is 11.5 Å². The van der Waals surface area contributed by atoms with E-state index in [1.54, 1.807) is 10.6 Å². The van der Waals surface area contributed by atoms with Crippen LogP contribution in [0.15, 0.2) is 12.1 Å². The molecule has 5 nitrogen and oxygen atoms in total. The molecule has 0 aromatic carbocycles. The Morgan fingerprint density at radius 2 is 2.06 bits per heavy atom. The van der Waals surface area contributed by atoms with Crippen LogP contribution in [0.3, 0.4) is 0 Å². The van der Waals surface area contributed by atoms with Crippen LogP contribution in [0.2, 0.25) is 5.15 Å². The number of aromatic nitrogens is 4. The molecular formula is C10H11ClN4O. The van der Waals surface area contributed by atoms with Crippen molar-refractivity contribution in [2.24, 2.45) is 0 Å². The number of nitrogens with zero attached hydrogens (tertiary/aromatic N) is 4. The Bertz CT molecular complexity index is 506. The second kappa shape index (κ2) is 3.99. The fraction of sp³-hybridized carbons (Fsp3) is 0.500. The molecule has 1 fully saturated rings. The fourth-order valence-electron chi connectivity index (χ4n) is 1.99. The predicted molar refractivity (Wildman–Crippen MR) is 58.6 cm³/mol. The summed E-state index contributed by atoms with van der Waals surface area (Å²) >= 11 is 5.87. The van der Waals surface area contributed by atoms with Crippen LogP contribution in [0.25, 0.3) is 5.65 Å². The predicted octanol–water partition coefficient (Wildman–Crippen LogP) is 1.67. The van der Waals surface area contributed by atoms with E-state index < -0.39 is 0 Å². The molecule has 1 aliphatic heterocycles. The Labute approximate surface area is 97.4 Å². The highest BCUT2D eigenvalue weighted by atomic mass is 35.5. The van der Waals surface area contributed by atoms with E-state index >= 15 is 0 Å². The Balaban J connectivity index is 2.05. The van der Waals surface area contributed by atoms with Crippen LogP contribution in [-0.2, 0) is 4.74 Å². The molecule has 0 bridgehead atoms. The summed E-state index contributed by atoms with van der Waals surface area (Å²) in [5.74, 6) is 1.26. The van der Waals surface area contributed by atoms with E-state index in [0.717, 1.165) is 37.5 Å². The van der Waals surface area contributed by atoms with Crippen molar-refractivity contribution in [3.63, 3.8) is 0 Å². The smallest absolute Gasteiger partial charge is 0.178 e. The first kappa shape index (κ1) is 9.99. The van der Waals surface area contributed by atoms with E-state index in [0.29, 0.717) is 11.1 Å². The molecule has 0 spiro atoms. The van der Waals surface area contributed by atoms with Crippen molar-refractivity contribution in [1.29, 1.82) is 0 Å². The van der Waals surface area contributed by atoms with Crippen LogP contribution in [-0.4, -0.2) is 33.0 Å². The van der Waals surface area contributed by atoms with E-state index in [1.807, 2.05) is 6.07 Å². The van der Waals surface area contributed by atoms with Crippen LogP contribution in [0.1, 0.15) is 24.6 Å². The molecule has 2 aromatic heterocycles. The van der Waals surface area contributed by atoms with Gasteiger partial charge in [-0.2, -0.15) is 9.61 Å². The van der Waals surface area contributed by atoms with E-state index in [1.165, 1.54) is 0 Å². The second-order valence-corrected chi connectivity index (χ2v) is 4.26. The average molecular weight is 239 g/mol. The summed E-state index contributed by atoms with van der Waals surface area (Å²) in [7, 11) is 0. The molecule has 0 N–H and O–H groups in total. The Morgan fingerprint density at radius 1 is 1.25 bits per heavy atom. The molecule has 1 saturated heterocycles. The summed E-state index contributed by atoms with van der Waals surface area (Å²) in [5, 5.41) is 13.0. The monoisotopic (exact) mass is 238 g/mol. The standard InChI is InChI=1S/C10H11ClN4O/c11-8-1-2-9-12-13-10(15(9)14-8)7-3-5-16-6-4-7/h1-2,7H,3-6H2. The minimum atomic E-state index is 0.370. The zero-order valence-electron chi connectivity index (χ0n) is 8.64. The topological polar surface area (TPSA) is 52.3 Å². The molecule has 16 heavy (non-hydrogen) atoms. The Kier molecular flexibility index (Phi) is 2.49. The van der Waals surface area contributed by atoms with Gasteiger partial charge in [0.25, 0.3) is 0 Å². The van der Waals surface area contributed by atoms with Crippen molar-refractivity contribution in [1.82, 2.24) is 19.8 Å². The van der Waals surface area contributed by atoms with Crippen LogP contribution in [0, 0.1) is 0 Å². The van der Waals surface area contributed by atoms with Crippen molar-refractivity contribution in [2.45, 2.75) is 18.8 Å². The molecule has 2 aromatic rings. The Hall–Kier alpha value is -1.20. The summed E-state index contributed by atoms with van der Waals surface area (Å²) in [6, 6.07) is 3.55.